The number of hydrogen-bond donors (Lipinski definition) is 1. The molecule has 1 aliphatic heterocycles. The number of hydrogen-bond acceptors (Lipinski definition) is 3. The molecule has 2 aliphatic rings. The van der Waals surface area contributed by atoms with E-state index < -0.39 is 0 Å². The number of nitrogens with one attached hydrogen (secondary N) is 1. The maximum absolute atomic E-state index is 5.46. The molecular weight excluding hydrogens is 236 g/mol. The summed E-state index contributed by atoms with van der Waals surface area (Å²) in [5.74, 6) is 0. The molecule has 0 bridgehead atoms. The Hall–Kier alpha value is -0.900. The van der Waals surface area contributed by atoms with E-state index in [2.05, 4.69) is 41.5 Å². The Morgan fingerprint density at radius 3 is 2.84 bits per heavy atom. The van der Waals surface area contributed by atoms with Crippen molar-refractivity contribution in [3.8, 4) is 0 Å². The van der Waals surface area contributed by atoms with Crippen molar-refractivity contribution in [1.29, 1.82) is 0 Å². The summed E-state index contributed by atoms with van der Waals surface area (Å²) in [4.78, 5) is 2.42. The smallest absolute Gasteiger partial charge is 0.0622 e. The lowest BCUT2D eigenvalue weighted by molar-refractivity contribution is 0.156. The van der Waals surface area contributed by atoms with E-state index in [4.69, 9.17) is 4.74 Å². The van der Waals surface area contributed by atoms with Crippen LogP contribution in [0.25, 0.3) is 0 Å². The summed E-state index contributed by atoms with van der Waals surface area (Å²) in [5.41, 5.74) is 2.81. The summed E-state index contributed by atoms with van der Waals surface area (Å²) < 4.78 is 5.46. The Morgan fingerprint density at radius 1 is 1.26 bits per heavy atom. The highest BCUT2D eigenvalue weighted by molar-refractivity contribution is 5.23. The van der Waals surface area contributed by atoms with Crippen molar-refractivity contribution in [2.75, 3.05) is 20.3 Å². The Labute approximate surface area is 115 Å². The van der Waals surface area contributed by atoms with Crippen molar-refractivity contribution < 1.29 is 4.74 Å². The van der Waals surface area contributed by atoms with Crippen LogP contribution in [0, 0.1) is 0 Å². The molecule has 1 unspecified atom stereocenters. The zero-order valence-electron chi connectivity index (χ0n) is 11.8. The predicted octanol–water partition coefficient (Wildman–Crippen LogP) is 2.16. The molecule has 1 N–H and O–H groups in total. The van der Waals surface area contributed by atoms with E-state index >= 15 is 0 Å². The largest absolute Gasteiger partial charge is 0.380 e. The van der Waals surface area contributed by atoms with Gasteiger partial charge in [0.15, 0.2) is 0 Å². The molecule has 19 heavy (non-hydrogen) atoms. The zero-order valence-corrected chi connectivity index (χ0v) is 11.8. The van der Waals surface area contributed by atoms with Crippen molar-refractivity contribution >= 4 is 0 Å². The van der Waals surface area contributed by atoms with Crippen LogP contribution in [0.15, 0.2) is 24.3 Å². The van der Waals surface area contributed by atoms with Gasteiger partial charge in [-0.2, -0.15) is 0 Å². The first-order valence-electron chi connectivity index (χ1n) is 7.40. The van der Waals surface area contributed by atoms with Gasteiger partial charge in [0.05, 0.1) is 6.61 Å². The van der Waals surface area contributed by atoms with E-state index in [0.717, 1.165) is 32.3 Å². The van der Waals surface area contributed by atoms with Crippen LogP contribution >= 0.6 is 0 Å². The van der Waals surface area contributed by atoms with Crippen LogP contribution in [0.4, 0.5) is 0 Å². The fourth-order valence-corrected chi connectivity index (χ4v) is 2.67. The van der Waals surface area contributed by atoms with E-state index in [1.165, 1.54) is 30.4 Å². The minimum atomic E-state index is 0.591. The fourth-order valence-electron chi connectivity index (χ4n) is 2.67. The van der Waals surface area contributed by atoms with Gasteiger partial charge in [-0.15, -0.1) is 0 Å². The predicted molar refractivity (Wildman–Crippen MR) is 77.0 cm³/mol. The minimum absolute atomic E-state index is 0.591. The molecule has 1 aromatic rings. The Balaban J connectivity index is 1.55. The van der Waals surface area contributed by atoms with Crippen LogP contribution in [-0.4, -0.2) is 37.2 Å². The van der Waals surface area contributed by atoms with E-state index in [1.54, 1.807) is 0 Å². The molecule has 1 atom stereocenters. The molecule has 1 saturated heterocycles. The standard InChI is InChI=1S/C16H24N2O/c1-18(16-7-8-19-12-16)11-14-4-2-3-13(9-14)10-17-15-5-6-15/h2-4,9,15-17H,5-8,10-12H2,1H3. The number of benzene rings is 1. The van der Waals surface area contributed by atoms with E-state index in [1.807, 2.05) is 0 Å². The maximum atomic E-state index is 5.46. The van der Waals surface area contributed by atoms with Gasteiger partial charge >= 0.3 is 0 Å². The number of rotatable bonds is 6. The first-order chi connectivity index (χ1) is 9.31. The van der Waals surface area contributed by atoms with Crippen molar-refractivity contribution in [2.45, 2.75) is 44.4 Å². The van der Waals surface area contributed by atoms with Gasteiger partial charge in [-0.3, -0.25) is 4.90 Å². The molecule has 1 heterocycles. The van der Waals surface area contributed by atoms with Crippen LogP contribution in [0.1, 0.15) is 30.4 Å². The Morgan fingerprint density at radius 2 is 2.11 bits per heavy atom. The van der Waals surface area contributed by atoms with Gasteiger partial charge in [-0.05, 0) is 37.4 Å². The SMILES string of the molecule is CN(Cc1cccc(CNC2CC2)c1)C1CCOC1. The zero-order chi connectivity index (χ0) is 13.1. The lowest BCUT2D eigenvalue weighted by Gasteiger charge is -2.23. The van der Waals surface area contributed by atoms with Crippen molar-refractivity contribution in [2.24, 2.45) is 0 Å². The quantitative estimate of drug-likeness (QED) is 0.848. The average Bonchev–Trinajstić information content (AvgIpc) is 3.08. The second kappa shape index (κ2) is 6.04. The van der Waals surface area contributed by atoms with Crippen LogP contribution in [-0.2, 0) is 17.8 Å². The molecule has 1 saturated carbocycles. The Kier molecular flexibility index (Phi) is 4.16. The molecule has 0 spiro atoms. The van der Waals surface area contributed by atoms with Gasteiger partial charge in [0.1, 0.15) is 0 Å². The maximum Gasteiger partial charge on any atom is 0.0622 e. The second-order valence-electron chi connectivity index (χ2n) is 5.91. The summed E-state index contributed by atoms with van der Waals surface area (Å²) in [7, 11) is 2.20. The number of nitrogens with zero attached hydrogens (tertiary/aromatic N) is 1. The summed E-state index contributed by atoms with van der Waals surface area (Å²) in [6, 6.07) is 10.3. The lowest BCUT2D eigenvalue weighted by atomic mass is 10.1. The number of ether oxygens (including phenoxy) is 1. The molecule has 1 aromatic carbocycles. The molecule has 0 aromatic heterocycles. The fraction of sp³-hybridized carbons (Fsp3) is 0.625. The van der Waals surface area contributed by atoms with E-state index in [-0.39, 0.29) is 0 Å². The highest BCUT2D eigenvalue weighted by Gasteiger charge is 2.21. The highest BCUT2D eigenvalue weighted by Crippen LogP contribution is 2.20. The van der Waals surface area contributed by atoms with Gasteiger partial charge in [0, 0.05) is 31.8 Å². The lowest BCUT2D eigenvalue weighted by Crippen LogP contribution is -2.31. The molecule has 3 nitrogen and oxygen atoms in total. The van der Waals surface area contributed by atoms with Gasteiger partial charge < -0.3 is 10.1 Å². The molecular formula is C16H24N2O. The molecule has 0 amide bonds. The van der Waals surface area contributed by atoms with Crippen LogP contribution in [0.5, 0.6) is 0 Å². The van der Waals surface area contributed by atoms with E-state index in [0.29, 0.717) is 6.04 Å². The first kappa shape index (κ1) is 13.1. The van der Waals surface area contributed by atoms with E-state index in [9.17, 15) is 0 Å². The van der Waals surface area contributed by atoms with Crippen molar-refractivity contribution in [3.05, 3.63) is 35.4 Å². The van der Waals surface area contributed by atoms with Crippen molar-refractivity contribution in [1.82, 2.24) is 10.2 Å². The second-order valence-corrected chi connectivity index (χ2v) is 5.91. The monoisotopic (exact) mass is 260 g/mol. The summed E-state index contributed by atoms with van der Waals surface area (Å²) >= 11 is 0. The third kappa shape index (κ3) is 3.78. The Bertz CT molecular complexity index is 411. The normalized spacial score (nSPS) is 23.2. The van der Waals surface area contributed by atoms with Gasteiger partial charge in [0.2, 0.25) is 0 Å². The molecule has 3 rings (SSSR count). The van der Waals surface area contributed by atoms with Gasteiger partial charge in [0.25, 0.3) is 0 Å². The van der Waals surface area contributed by atoms with Crippen LogP contribution < -0.4 is 5.32 Å². The topological polar surface area (TPSA) is 24.5 Å². The molecule has 1 aliphatic carbocycles. The molecule has 0 radical (unpaired) electrons. The van der Waals surface area contributed by atoms with Crippen LogP contribution in [0.2, 0.25) is 0 Å². The third-order valence-corrected chi connectivity index (χ3v) is 4.12. The summed E-state index contributed by atoms with van der Waals surface area (Å²) in [5, 5.41) is 3.57. The van der Waals surface area contributed by atoms with Crippen molar-refractivity contribution in [3.63, 3.8) is 0 Å². The summed E-state index contributed by atoms with van der Waals surface area (Å²) in [6.07, 6.45) is 3.87. The highest BCUT2D eigenvalue weighted by atomic mass is 16.5. The molecule has 3 heteroatoms. The minimum Gasteiger partial charge on any atom is -0.380 e. The van der Waals surface area contributed by atoms with Gasteiger partial charge in [-0.25, -0.2) is 0 Å². The molecule has 104 valence electrons. The number of likely N-dealkylation sites (N-methyl/N-ethyl adjacent to an activating group) is 1. The van der Waals surface area contributed by atoms with Gasteiger partial charge in [-0.1, -0.05) is 24.3 Å². The molecule has 2 fully saturated rings. The first-order valence-corrected chi connectivity index (χ1v) is 7.40. The third-order valence-electron chi connectivity index (χ3n) is 4.12. The van der Waals surface area contributed by atoms with Crippen LogP contribution in [0.3, 0.4) is 0 Å². The average molecular weight is 260 g/mol. The summed E-state index contributed by atoms with van der Waals surface area (Å²) in [6.45, 7) is 3.83.